The number of carbonyl (C=O) groups excluding carboxylic acids is 2. The van der Waals surface area contributed by atoms with Gasteiger partial charge in [-0.25, -0.2) is 0 Å². The second-order valence-electron chi connectivity index (χ2n) is 4.41. The van der Waals surface area contributed by atoms with Crippen LogP contribution < -0.4 is 9.47 Å². The Labute approximate surface area is 134 Å². The van der Waals surface area contributed by atoms with E-state index < -0.39 is 11.6 Å². The van der Waals surface area contributed by atoms with Gasteiger partial charge >= 0.3 is 0 Å². The lowest BCUT2D eigenvalue weighted by molar-refractivity contribution is 0.104. The molecule has 0 spiro atoms. The second-order valence-corrected chi connectivity index (χ2v) is 4.41. The van der Waals surface area contributed by atoms with Crippen molar-refractivity contribution in [3.8, 4) is 36.2 Å². The van der Waals surface area contributed by atoms with Crippen molar-refractivity contribution in [1.29, 1.82) is 0 Å². The molecule has 0 aliphatic rings. The summed E-state index contributed by atoms with van der Waals surface area (Å²) in [5.74, 6) is 4.13. The SMILES string of the molecule is C#CC(=O)c1cccc(OCOc2cccc(C(=O)C#C)c2)c1. The zero-order valence-corrected chi connectivity index (χ0v) is 12.1. The highest BCUT2D eigenvalue weighted by Crippen LogP contribution is 2.16. The van der Waals surface area contributed by atoms with Gasteiger partial charge in [0.2, 0.25) is 18.4 Å². The van der Waals surface area contributed by atoms with Crippen molar-refractivity contribution in [3.05, 3.63) is 59.7 Å². The Hall–Kier alpha value is -3.50. The first-order valence-electron chi connectivity index (χ1n) is 6.61. The van der Waals surface area contributed by atoms with E-state index in [1.165, 1.54) is 12.1 Å². The van der Waals surface area contributed by atoms with Crippen LogP contribution in [0.1, 0.15) is 20.7 Å². The van der Waals surface area contributed by atoms with Crippen LogP contribution in [0, 0.1) is 24.7 Å². The maximum atomic E-state index is 11.4. The quantitative estimate of drug-likeness (QED) is 0.356. The maximum Gasteiger partial charge on any atom is 0.235 e. The molecule has 0 aliphatic heterocycles. The first-order chi connectivity index (χ1) is 11.1. The summed E-state index contributed by atoms with van der Waals surface area (Å²) in [5.41, 5.74) is 0.734. The van der Waals surface area contributed by atoms with E-state index in [4.69, 9.17) is 22.3 Å². The fraction of sp³-hybridized carbons (Fsp3) is 0.0526. The molecule has 2 rings (SSSR count). The van der Waals surface area contributed by atoms with E-state index in [9.17, 15) is 9.59 Å². The molecule has 0 saturated heterocycles. The van der Waals surface area contributed by atoms with Gasteiger partial charge in [0, 0.05) is 11.1 Å². The lowest BCUT2D eigenvalue weighted by Crippen LogP contribution is -2.07. The predicted molar refractivity (Wildman–Crippen MR) is 85.3 cm³/mol. The summed E-state index contributed by atoms with van der Waals surface area (Å²) in [5, 5.41) is 0. The van der Waals surface area contributed by atoms with Gasteiger partial charge in [0.1, 0.15) is 11.5 Å². The minimum absolute atomic E-state index is 0.0958. The molecule has 0 bridgehead atoms. The number of carbonyl (C=O) groups is 2. The van der Waals surface area contributed by atoms with Crippen molar-refractivity contribution in [3.63, 3.8) is 0 Å². The largest absolute Gasteiger partial charge is 0.457 e. The summed E-state index contributed by atoms with van der Waals surface area (Å²) in [4.78, 5) is 22.8. The first-order valence-corrected chi connectivity index (χ1v) is 6.61. The van der Waals surface area contributed by atoms with Gasteiger partial charge < -0.3 is 9.47 Å². The van der Waals surface area contributed by atoms with E-state index in [-0.39, 0.29) is 6.79 Å². The van der Waals surface area contributed by atoms with E-state index in [1.807, 2.05) is 11.8 Å². The molecule has 0 heterocycles. The van der Waals surface area contributed by atoms with Crippen LogP contribution in [0.25, 0.3) is 0 Å². The molecule has 23 heavy (non-hydrogen) atoms. The molecule has 0 radical (unpaired) electrons. The third-order valence-corrected chi connectivity index (χ3v) is 2.91. The average molecular weight is 304 g/mol. The minimum Gasteiger partial charge on any atom is -0.457 e. The summed E-state index contributed by atoms with van der Waals surface area (Å²) < 4.78 is 10.8. The second kappa shape index (κ2) is 7.49. The van der Waals surface area contributed by atoms with Gasteiger partial charge in [0.15, 0.2) is 0 Å². The van der Waals surface area contributed by atoms with E-state index in [0.717, 1.165) is 0 Å². The lowest BCUT2D eigenvalue weighted by atomic mass is 10.1. The summed E-state index contributed by atoms with van der Waals surface area (Å²) in [6.07, 6.45) is 10.1. The number of hydrogen-bond donors (Lipinski definition) is 0. The third-order valence-electron chi connectivity index (χ3n) is 2.91. The highest BCUT2D eigenvalue weighted by molar-refractivity contribution is 6.09. The molecule has 2 aromatic carbocycles. The molecule has 112 valence electrons. The van der Waals surface area contributed by atoms with Crippen molar-refractivity contribution in [2.75, 3.05) is 6.79 Å². The Morgan fingerprint density at radius 3 is 1.65 bits per heavy atom. The van der Waals surface area contributed by atoms with E-state index >= 15 is 0 Å². The van der Waals surface area contributed by atoms with Gasteiger partial charge in [-0.1, -0.05) is 24.3 Å². The monoisotopic (exact) mass is 304 g/mol. The van der Waals surface area contributed by atoms with Crippen molar-refractivity contribution in [1.82, 2.24) is 0 Å². The van der Waals surface area contributed by atoms with Crippen molar-refractivity contribution >= 4 is 11.6 Å². The number of terminal acetylenes is 2. The van der Waals surface area contributed by atoms with Crippen molar-refractivity contribution in [2.24, 2.45) is 0 Å². The average Bonchev–Trinajstić information content (AvgIpc) is 2.61. The molecule has 2 aromatic rings. The van der Waals surface area contributed by atoms with Gasteiger partial charge in [-0.2, -0.15) is 0 Å². The molecule has 0 amide bonds. The molecule has 4 nitrogen and oxygen atoms in total. The number of Topliss-reactive ketones (excluding diaryl/α,β-unsaturated/α-hetero) is 2. The Morgan fingerprint density at radius 2 is 1.26 bits per heavy atom. The zero-order chi connectivity index (χ0) is 16.7. The van der Waals surface area contributed by atoms with Crippen molar-refractivity contribution in [2.45, 2.75) is 0 Å². The number of hydrogen-bond acceptors (Lipinski definition) is 4. The van der Waals surface area contributed by atoms with Crippen LogP contribution >= 0.6 is 0 Å². The first kappa shape index (κ1) is 15.9. The summed E-state index contributed by atoms with van der Waals surface area (Å²) in [6, 6.07) is 12.9. The molecule has 4 heteroatoms. The molecular formula is C19H12O4. The Kier molecular flexibility index (Phi) is 5.17. The Morgan fingerprint density at radius 1 is 0.826 bits per heavy atom. The van der Waals surface area contributed by atoms with Gasteiger partial charge in [-0.3, -0.25) is 9.59 Å². The van der Waals surface area contributed by atoms with Crippen LogP contribution in [0.5, 0.6) is 11.5 Å². The highest BCUT2D eigenvalue weighted by atomic mass is 16.7. The molecule has 0 atom stereocenters. The van der Waals surface area contributed by atoms with E-state index in [2.05, 4.69) is 0 Å². The third kappa shape index (κ3) is 4.23. The smallest absolute Gasteiger partial charge is 0.235 e. The number of benzene rings is 2. The fourth-order valence-corrected chi connectivity index (χ4v) is 1.79. The molecule has 0 aromatic heterocycles. The molecule has 0 aliphatic carbocycles. The Bertz CT molecular complexity index is 752. The number of ketones is 2. The summed E-state index contributed by atoms with van der Waals surface area (Å²) in [6.45, 7) is -0.0958. The van der Waals surface area contributed by atoms with Crippen LogP contribution in [0.15, 0.2) is 48.5 Å². The van der Waals surface area contributed by atoms with Gasteiger partial charge in [0.25, 0.3) is 0 Å². The molecule has 0 N–H and O–H groups in total. The lowest BCUT2D eigenvalue weighted by Gasteiger charge is -2.09. The topological polar surface area (TPSA) is 52.6 Å². The van der Waals surface area contributed by atoms with Crippen LogP contribution in [0.4, 0.5) is 0 Å². The van der Waals surface area contributed by atoms with Crippen molar-refractivity contribution < 1.29 is 19.1 Å². The summed E-state index contributed by atoms with van der Waals surface area (Å²) >= 11 is 0. The van der Waals surface area contributed by atoms with Crippen LogP contribution in [0.3, 0.4) is 0 Å². The van der Waals surface area contributed by atoms with Gasteiger partial charge in [-0.15, -0.1) is 12.8 Å². The maximum absolute atomic E-state index is 11.4. The highest BCUT2D eigenvalue weighted by Gasteiger charge is 2.05. The Balaban J connectivity index is 1.98. The number of rotatable bonds is 6. The van der Waals surface area contributed by atoms with Gasteiger partial charge in [-0.05, 0) is 36.1 Å². The fourth-order valence-electron chi connectivity index (χ4n) is 1.79. The van der Waals surface area contributed by atoms with Crippen LogP contribution in [0.2, 0.25) is 0 Å². The predicted octanol–water partition coefficient (Wildman–Crippen LogP) is 2.73. The van der Waals surface area contributed by atoms with Crippen LogP contribution in [-0.4, -0.2) is 18.4 Å². The van der Waals surface area contributed by atoms with Crippen LogP contribution in [-0.2, 0) is 0 Å². The molecule has 0 saturated carbocycles. The molecule has 0 fully saturated rings. The summed E-state index contributed by atoms with van der Waals surface area (Å²) in [7, 11) is 0. The molecule has 0 unspecified atom stereocenters. The standard InChI is InChI=1S/C19H12O4/c1-3-18(20)14-7-5-9-16(11-14)22-13-23-17-10-6-8-15(12-17)19(21)4-2/h1-2,5-12H,13H2. The van der Waals surface area contributed by atoms with E-state index in [1.54, 1.807) is 36.4 Å². The zero-order valence-electron chi connectivity index (χ0n) is 12.1. The van der Waals surface area contributed by atoms with Gasteiger partial charge in [0.05, 0.1) is 0 Å². The van der Waals surface area contributed by atoms with E-state index in [0.29, 0.717) is 22.6 Å². The molecular weight excluding hydrogens is 292 g/mol. The normalized spacial score (nSPS) is 9.30. The minimum atomic E-state index is -0.420. The number of ether oxygens (including phenoxy) is 2.